The largest absolute Gasteiger partial charge is 0.562 e. The molecule has 0 bridgehead atoms. The van der Waals surface area contributed by atoms with E-state index in [2.05, 4.69) is 15.3 Å². The van der Waals surface area contributed by atoms with E-state index in [1.54, 1.807) is 24.5 Å². The van der Waals surface area contributed by atoms with Crippen molar-refractivity contribution < 1.29 is 14.5 Å². The molecule has 0 spiro atoms. The van der Waals surface area contributed by atoms with Gasteiger partial charge in [-0.2, -0.15) is 0 Å². The number of carbonyl (C=O) groups is 1. The first-order valence-electron chi connectivity index (χ1n) is 7.81. The Morgan fingerprint density at radius 1 is 1.16 bits per heavy atom. The van der Waals surface area contributed by atoms with E-state index in [1.165, 1.54) is 6.40 Å². The van der Waals surface area contributed by atoms with Crippen molar-refractivity contribution in [3.05, 3.63) is 60.4 Å². The predicted octanol–water partition coefficient (Wildman–Crippen LogP) is 1.79. The molecular formula is C18H14BN3O3. The molecule has 0 fully saturated rings. The van der Waals surface area contributed by atoms with E-state index in [9.17, 15) is 9.82 Å². The van der Waals surface area contributed by atoms with E-state index < -0.39 is 7.12 Å². The summed E-state index contributed by atoms with van der Waals surface area (Å²) in [6.45, 7) is 0. The first-order chi connectivity index (χ1) is 12.2. The van der Waals surface area contributed by atoms with Crippen molar-refractivity contribution in [3.63, 3.8) is 0 Å². The summed E-state index contributed by atoms with van der Waals surface area (Å²) in [4.78, 5) is 20.4. The van der Waals surface area contributed by atoms with E-state index in [1.807, 2.05) is 30.3 Å². The zero-order valence-electron chi connectivity index (χ0n) is 13.2. The molecule has 1 amide bonds. The molecule has 1 aliphatic heterocycles. The van der Waals surface area contributed by atoms with Gasteiger partial charge in [-0.3, -0.25) is 9.78 Å². The van der Waals surface area contributed by atoms with Crippen molar-refractivity contribution >= 4 is 47.0 Å². The Balaban J connectivity index is 1.50. The van der Waals surface area contributed by atoms with E-state index >= 15 is 0 Å². The minimum absolute atomic E-state index is 0.136. The van der Waals surface area contributed by atoms with Gasteiger partial charge in [0, 0.05) is 28.9 Å². The minimum atomic E-state index is -1.05. The second kappa shape index (κ2) is 6.37. The Hall–Kier alpha value is -3.19. The maximum Gasteiger partial charge on any atom is 0.562 e. The number of hydrogen-bond donors (Lipinski definition) is 2. The number of nitrogens with one attached hydrogen (secondary N) is 1. The highest BCUT2D eigenvalue weighted by Gasteiger charge is 2.24. The van der Waals surface area contributed by atoms with Gasteiger partial charge in [0.2, 0.25) is 5.91 Å². The number of anilines is 1. The lowest BCUT2D eigenvalue weighted by Crippen LogP contribution is -2.36. The standard InChI is InChI=1S/C18H14BN3O3/c23-18(22-15-3-2-14-10-20-6-5-13(14)9-15)8-12-1-4-17-16(7-12)19(24)25-11-21-17/h1-7,9-11,24H,8H2,(H,22,23). The van der Waals surface area contributed by atoms with Crippen LogP contribution < -0.4 is 10.8 Å². The Morgan fingerprint density at radius 3 is 3.00 bits per heavy atom. The van der Waals surface area contributed by atoms with Crippen molar-refractivity contribution in [2.45, 2.75) is 6.42 Å². The molecule has 1 aromatic heterocycles. The number of carbonyl (C=O) groups excluding carboxylic acids is 1. The molecule has 1 aliphatic rings. The number of aliphatic imine (C=N–C) groups is 1. The summed E-state index contributed by atoms with van der Waals surface area (Å²) in [5.41, 5.74) is 2.72. The summed E-state index contributed by atoms with van der Waals surface area (Å²) < 4.78 is 4.96. The number of aromatic nitrogens is 1. The van der Waals surface area contributed by atoms with Crippen molar-refractivity contribution in [3.8, 4) is 0 Å². The van der Waals surface area contributed by atoms with Gasteiger partial charge in [-0.25, -0.2) is 4.99 Å². The summed E-state index contributed by atoms with van der Waals surface area (Å²) in [5, 5.41) is 14.8. The van der Waals surface area contributed by atoms with Gasteiger partial charge < -0.3 is 15.0 Å². The van der Waals surface area contributed by atoms with Crippen LogP contribution in [-0.2, 0) is 15.9 Å². The van der Waals surface area contributed by atoms with Crippen LogP contribution in [0.1, 0.15) is 5.56 Å². The molecule has 2 N–H and O–H groups in total. The number of fused-ring (bicyclic) bond motifs is 2. The van der Waals surface area contributed by atoms with Crippen molar-refractivity contribution in [2.75, 3.05) is 5.32 Å². The number of hydrogen-bond acceptors (Lipinski definition) is 5. The zero-order valence-corrected chi connectivity index (χ0v) is 13.2. The van der Waals surface area contributed by atoms with E-state index in [0.29, 0.717) is 11.2 Å². The third kappa shape index (κ3) is 3.22. The third-order valence-corrected chi connectivity index (χ3v) is 4.03. The monoisotopic (exact) mass is 331 g/mol. The fourth-order valence-corrected chi connectivity index (χ4v) is 2.80. The summed E-state index contributed by atoms with van der Waals surface area (Å²) in [6.07, 6.45) is 4.91. The highest BCUT2D eigenvalue weighted by Crippen LogP contribution is 2.19. The molecule has 0 aliphatic carbocycles. The van der Waals surface area contributed by atoms with Crippen LogP contribution in [0.4, 0.5) is 11.4 Å². The Bertz CT molecular complexity index is 990. The number of nitrogens with zero attached hydrogens (tertiary/aromatic N) is 2. The van der Waals surface area contributed by atoms with E-state index in [0.717, 1.165) is 22.0 Å². The molecule has 25 heavy (non-hydrogen) atoms. The van der Waals surface area contributed by atoms with Crippen LogP contribution in [0.25, 0.3) is 10.8 Å². The molecule has 0 atom stereocenters. The molecule has 2 heterocycles. The van der Waals surface area contributed by atoms with Gasteiger partial charge in [-0.1, -0.05) is 18.2 Å². The second-order valence-corrected chi connectivity index (χ2v) is 5.78. The molecule has 0 radical (unpaired) electrons. The van der Waals surface area contributed by atoms with Gasteiger partial charge in [-0.15, -0.1) is 0 Å². The van der Waals surface area contributed by atoms with Gasteiger partial charge in [0.25, 0.3) is 0 Å². The van der Waals surface area contributed by atoms with Crippen LogP contribution in [0.15, 0.2) is 59.9 Å². The van der Waals surface area contributed by atoms with E-state index in [-0.39, 0.29) is 12.3 Å². The highest BCUT2D eigenvalue weighted by molar-refractivity contribution is 6.63. The van der Waals surface area contributed by atoms with Crippen molar-refractivity contribution in [1.82, 2.24) is 4.98 Å². The van der Waals surface area contributed by atoms with Crippen LogP contribution in [0.2, 0.25) is 0 Å². The topological polar surface area (TPSA) is 83.8 Å². The zero-order chi connectivity index (χ0) is 17.2. The molecule has 2 aromatic carbocycles. The number of benzene rings is 2. The normalized spacial score (nSPS) is 12.6. The molecule has 3 aromatic rings. The van der Waals surface area contributed by atoms with Crippen LogP contribution in [-0.4, -0.2) is 29.4 Å². The van der Waals surface area contributed by atoms with Gasteiger partial charge in [0.1, 0.15) is 0 Å². The van der Waals surface area contributed by atoms with Gasteiger partial charge >= 0.3 is 7.12 Å². The summed E-state index contributed by atoms with van der Waals surface area (Å²) >= 11 is 0. The predicted molar refractivity (Wildman–Crippen MR) is 97.4 cm³/mol. The molecule has 0 saturated carbocycles. The summed E-state index contributed by atoms with van der Waals surface area (Å²) in [5.74, 6) is -0.136. The smallest absolute Gasteiger partial charge is 0.524 e. The van der Waals surface area contributed by atoms with Gasteiger partial charge in [0.15, 0.2) is 6.40 Å². The average molecular weight is 331 g/mol. The van der Waals surface area contributed by atoms with Crippen molar-refractivity contribution in [2.24, 2.45) is 4.99 Å². The number of rotatable bonds is 3. The lowest BCUT2D eigenvalue weighted by atomic mass is 9.77. The summed E-state index contributed by atoms with van der Waals surface area (Å²) in [6, 6.07) is 12.9. The fraction of sp³-hybridized carbons (Fsp3) is 0.0556. The first-order valence-corrected chi connectivity index (χ1v) is 7.81. The van der Waals surface area contributed by atoms with Crippen LogP contribution in [0, 0.1) is 0 Å². The Morgan fingerprint density at radius 2 is 2.08 bits per heavy atom. The molecular weight excluding hydrogens is 317 g/mol. The van der Waals surface area contributed by atoms with Gasteiger partial charge in [0.05, 0.1) is 12.1 Å². The van der Waals surface area contributed by atoms with Crippen LogP contribution in [0.3, 0.4) is 0 Å². The minimum Gasteiger partial charge on any atom is -0.524 e. The maximum atomic E-state index is 12.3. The quantitative estimate of drug-likeness (QED) is 0.717. The Labute approximate surface area is 144 Å². The lowest BCUT2D eigenvalue weighted by molar-refractivity contribution is -0.115. The van der Waals surface area contributed by atoms with Crippen LogP contribution >= 0.6 is 0 Å². The third-order valence-electron chi connectivity index (χ3n) is 4.03. The molecule has 0 unspecified atom stereocenters. The second-order valence-electron chi connectivity index (χ2n) is 5.78. The Kier molecular flexibility index (Phi) is 3.91. The number of amides is 1. The van der Waals surface area contributed by atoms with E-state index in [4.69, 9.17) is 4.65 Å². The average Bonchev–Trinajstić information content (AvgIpc) is 2.62. The lowest BCUT2D eigenvalue weighted by Gasteiger charge is -2.14. The SMILES string of the molecule is O=C(Cc1ccc2c(c1)B(O)OC=N2)Nc1ccc2cnccc2c1. The molecule has 6 nitrogen and oxygen atoms in total. The highest BCUT2D eigenvalue weighted by atomic mass is 16.5. The number of pyridine rings is 1. The molecule has 7 heteroatoms. The van der Waals surface area contributed by atoms with Gasteiger partial charge in [-0.05, 0) is 35.2 Å². The summed E-state index contributed by atoms with van der Waals surface area (Å²) in [7, 11) is -1.05. The van der Waals surface area contributed by atoms with Crippen LogP contribution in [0.5, 0.6) is 0 Å². The van der Waals surface area contributed by atoms with Crippen molar-refractivity contribution in [1.29, 1.82) is 0 Å². The first kappa shape index (κ1) is 15.3. The fourth-order valence-electron chi connectivity index (χ4n) is 2.80. The molecule has 122 valence electrons. The molecule has 4 rings (SSSR count). The molecule has 0 saturated heterocycles. The maximum absolute atomic E-state index is 12.3.